The average Bonchev–Trinajstić information content (AvgIpc) is 3.70. The molecular formula is C43H43N3O6Si. The van der Waals surface area contributed by atoms with Crippen molar-refractivity contribution in [3.8, 4) is 0 Å². The molecule has 53 heavy (non-hydrogen) atoms. The second-order valence-corrected chi connectivity index (χ2v) is 19.0. The van der Waals surface area contributed by atoms with Crippen LogP contribution in [-0.4, -0.2) is 60.1 Å². The predicted octanol–water partition coefficient (Wildman–Crippen LogP) is 6.89. The van der Waals surface area contributed by atoms with Crippen LogP contribution in [0, 0.1) is 5.92 Å². The molecule has 5 aromatic rings. The van der Waals surface area contributed by atoms with Gasteiger partial charge in [0.1, 0.15) is 0 Å². The second kappa shape index (κ2) is 13.4. The van der Waals surface area contributed by atoms with E-state index in [2.05, 4.69) is 0 Å². The van der Waals surface area contributed by atoms with Crippen LogP contribution in [-0.2, 0) is 33.0 Å². The van der Waals surface area contributed by atoms with Gasteiger partial charge in [-0.25, -0.2) is 0 Å². The van der Waals surface area contributed by atoms with Gasteiger partial charge in [-0.05, 0) is 59.9 Å². The van der Waals surface area contributed by atoms with Gasteiger partial charge in [-0.3, -0.25) is 19.3 Å². The minimum Gasteiger partial charge on any atom is -0.432 e. The Morgan fingerprint density at radius 2 is 1.53 bits per heavy atom. The number of carbonyl (C=O) groups excluding carboxylic acids is 3. The quantitative estimate of drug-likeness (QED) is 0.152. The van der Waals surface area contributed by atoms with E-state index in [1.165, 1.54) is 0 Å². The molecule has 0 bridgehead atoms. The van der Waals surface area contributed by atoms with Gasteiger partial charge in [0.25, 0.3) is 11.8 Å². The van der Waals surface area contributed by atoms with Crippen LogP contribution >= 0.6 is 0 Å². The summed E-state index contributed by atoms with van der Waals surface area (Å²) in [4.78, 5) is 59.2. The number of aliphatic hydroxyl groups is 1. The third kappa shape index (κ3) is 5.77. The van der Waals surface area contributed by atoms with Crippen molar-refractivity contribution in [1.29, 1.82) is 0 Å². The maximum absolute atomic E-state index is 14.9. The summed E-state index contributed by atoms with van der Waals surface area (Å²) >= 11 is 0. The molecule has 5 aromatic carbocycles. The number of anilines is 3. The number of carbonyl (C=O) groups is 3. The highest BCUT2D eigenvalue weighted by molar-refractivity contribution is 6.71. The fraction of sp³-hybridized carbons (Fsp3) is 0.279. The van der Waals surface area contributed by atoms with Gasteiger partial charge in [-0.15, -0.1) is 0 Å². The van der Waals surface area contributed by atoms with Gasteiger partial charge in [-0.2, -0.15) is 0 Å². The molecule has 270 valence electrons. The average molecular weight is 726 g/mol. The zero-order chi connectivity index (χ0) is 37.1. The molecular weight excluding hydrogens is 683 g/mol. The first kappa shape index (κ1) is 34.9. The fourth-order valence-electron chi connectivity index (χ4n) is 9.01. The van der Waals surface area contributed by atoms with Gasteiger partial charge in [0.05, 0.1) is 42.6 Å². The number of ether oxygens (including phenoxy) is 1. The Morgan fingerprint density at radius 3 is 2.25 bits per heavy atom. The van der Waals surface area contributed by atoms with E-state index in [4.69, 9.17) is 4.74 Å². The normalized spacial score (nSPS) is 21.9. The first-order valence-corrected chi connectivity index (χ1v) is 21.2. The van der Waals surface area contributed by atoms with Crippen LogP contribution in [0.4, 0.5) is 17.1 Å². The molecule has 1 saturated heterocycles. The highest BCUT2D eigenvalue weighted by Crippen LogP contribution is 2.59. The van der Waals surface area contributed by atoms with Crippen LogP contribution in [0.1, 0.15) is 40.4 Å². The number of hydrogen-bond donors (Lipinski definition) is 2. The molecule has 2 N–H and O–H groups in total. The Bertz CT molecular complexity index is 2220. The van der Waals surface area contributed by atoms with E-state index in [1.807, 2.05) is 135 Å². The maximum Gasteiger partial charge on any atom is 0.264 e. The molecule has 0 unspecified atom stereocenters. The highest BCUT2D eigenvalue weighted by atomic mass is 28.4. The summed E-state index contributed by atoms with van der Waals surface area (Å²) in [6.07, 6.45) is -0.728. The zero-order valence-corrected chi connectivity index (χ0v) is 31.1. The lowest BCUT2D eigenvalue weighted by molar-refractivity contribution is -0.150. The number of aliphatic hydroxyl groups excluding tert-OH is 1. The van der Waals surface area contributed by atoms with E-state index >= 15 is 0 Å². The molecule has 8 rings (SSSR count). The Kier molecular flexibility index (Phi) is 8.81. The van der Waals surface area contributed by atoms with Crippen molar-refractivity contribution in [1.82, 2.24) is 4.90 Å². The molecule has 10 heteroatoms. The van der Waals surface area contributed by atoms with Gasteiger partial charge in [0.15, 0.2) is 13.9 Å². The van der Waals surface area contributed by atoms with Gasteiger partial charge in [0, 0.05) is 41.2 Å². The molecule has 3 aliphatic rings. The Morgan fingerprint density at radius 1 is 0.849 bits per heavy atom. The van der Waals surface area contributed by atoms with Crippen molar-refractivity contribution in [2.45, 2.75) is 56.8 Å². The van der Waals surface area contributed by atoms with Crippen molar-refractivity contribution in [3.05, 3.63) is 138 Å². The number of hydrogen-bond acceptors (Lipinski definition) is 6. The third-order valence-electron chi connectivity index (χ3n) is 11.3. The summed E-state index contributed by atoms with van der Waals surface area (Å²) < 4.78 is 6.90. The van der Waals surface area contributed by atoms with Crippen molar-refractivity contribution in [3.63, 3.8) is 0 Å². The fourth-order valence-corrected chi connectivity index (χ4v) is 11.6. The standard InChI is InChI=1S/C43H43N3O6Si/c1-28-40(53(2,3)51)37(25-38(48)44(23-24-47)26-29-11-5-4-6-12-29)52-43(28)34-16-7-8-17-35(34)45(42(43)50)27-30-19-21-32(22-20-30)46-36-18-10-14-31-13-9-15-33(39(31)36)41(46)49/h4-22,28,37,40,47,51H,23-27H2,1-3H3/t28-,37+,40-,43+/m1/s1. The number of para-hydroxylation sites is 1. The predicted molar refractivity (Wildman–Crippen MR) is 207 cm³/mol. The number of amides is 3. The Hall–Kier alpha value is -5.13. The van der Waals surface area contributed by atoms with E-state index in [-0.39, 0.29) is 43.8 Å². The van der Waals surface area contributed by atoms with E-state index in [1.54, 1.807) is 14.7 Å². The monoisotopic (exact) mass is 725 g/mol. The van der Waals surface area contributed by atoms with Crippen LogP contribution < -0.4 is 9.80 Å². The van der Waals surface area contributed by atoms with Crippen molar-refractivity contribution >= 4 is 53.9 Å². The third-order valence-corrected chi connectivity index (χ3v) is 13.8. The highest BCUT2D eigenvalue weighted by Gasteiger charge is 2.66. The van der Waals surface area contributed by atoms with Gasteiger partial charge in [0.2, 0.25) is 5.91 Å². The molecule has 0 saturated carbocycles. The second-order valence-electron chi connectivity index (χ2n) is 15.0. The number of benzene rings is 5. The SMILES string of the molecule is C[C@@H]1[C@@H]([Si](C)(C)O)[C@H](CC(=O)N(CCO)Cc2ccccc2)O[C@@]12C(=O)N(Cc1ccc(N3C(=O)c4cccc5cccc3c45)cc1)c1ccccc12. The van der Waals surface area contributed by atoms with Crippen LogP contribution in [0.25, 0.3) is 10.8 Å². The Balaban J connectivity index is 1.07. The van der Waals surface area contributed by atoms with Crippen molar-refractivity contribution < 1.29 is 29.0 Å². The molecule has 3 amide bonds. The van der Waals surface area contributed by atoms with Crippen molar-refractivity contribution in [2.75, 3.05) is 23.0 Å². The molecule has 1 fully saturated rings. The first-order chi connectivity index (χ1) is 25.5. The lowest BCUT2D eigenvalue weighted by Gasteiger charge is -2.32. The maximum atomic E-state index is 14.9. The van der Waals surface area contributed by atoms with Gasteiger partial charge >= 0.3 is 0 Å². The largest absolute Gasteiger partial charge is 0.432 e. The summed E-state index contributed by atoms with van der Waals surface area (Å²) in [6, 6.07) is 36.7. The lowest BCUT2D eigenvalue weighted by Crippen LogP contribution is -2.46. The van der Waals surface area contributed by atoms with Gasteiger partial charge < -0.3 is 24.4 Å². The summed E-state index contributed by atoms with van der Waals surface area (Å²) in [5.74, 6) is -0.910. The Labute approximate surface area is 310 Å². The smallest absolute Gasteiger partial charge is 0.264 e. The molecule has 4 atom stereocenters. The van der Waals surface area contributed by atoms with E-state index in [0.29, 0.717) is 12.1 Å². The van der Waals surface area contributed by atoms with Crippen LogP contribution in [0.15, 0.2) is 115 Å². The molecule has 0 radical (unpaired) electrons. The number of fused-ring (bicyclic) bond motifs is 2. The summed E-state index contributed by atoms with van der Waals surface area (Å²) in [7, 11) is -3.00. The van der Waals surface area contributed by atoms with E-state index < -0.39 is 31.5 Å². The minimum atomic E-state index is -3.00. The lowest BCUT2D eigenvalue weighted by atomic mass is 9.82. The van der Waals surface area contributed by atoms with Crippen LogP contribution in [0.2, 0.25) is 18.6 Å². The van der Waals surface area contributed by atoms with Crippen LogP contribution in [0.3, 0.4) is 0 Å². The summed E-state index contributed by atoms with van der Waals surface area (Å²) in [5, 5.41) is 11.8. The minimum absolute atomic E-state index is 0.0235. The zero-order valence-electron chi connectivity index (χ0n) is 30.1. The van der Waals surface area contributed by atoms with Crippen molar-refractivity contribution in [2.24, 2.45) is 5.92 Å². The van der Waals surface area contributed by atoms with E-state index in [0.717, 1.165) is 44.5 Å². The van der Waals surface area contributed by atoms with E-state index in [9.17, 15) is 24.3 Å². The van der Waals surface area contributed by atoms with Gasteiger partial charge in [-0.1, -0.05) is 91.9 Å². The number of rotatable bonds is 10. The topological polar surface area (TPSA) is 111 Å². The molecule has 3 heterocycles. The summed E-state index contributed by atoms with van der Waals surface area (Å²) in [5.41, 5.74) is 3.77. The molecule has 9 nitrogen and oxygen atoms in total. The first-order valence-electron chi connectivity index (χ1n) is 18.2. The summed E-state index contributed by atoms with van der Waals surface area (Å²) in [6.45, 7) is 6.24. The number of nitrogens with zero attached hydrogens (tertiary/aromatic N) is 3. The molecule has 3 aliphatic heterocycles. The molecule has 0 aliphatic carbocycles. The molecule has 0 aromatic heterocycles. The molecule has 1 spiro atoms. The van der Waals surface area contributed by atoms with Crippen LogP contribution in [0.5, 0.6) is 0 Å².